The first-order valence-corrected chi connectivity index (χ1v) is 7.58. The van der Waals surface area contributed by atoms with Gasteiger partial charge in [0.2, 0.25) is 12.0 Å². The second kappa shape index (κ2) is 6.34. The molecule has 120 valence electrons. The zero-order valence-corrected chi connectivity index (χ0v) is 12.2. The number of nitrogens with one attached hydrogen (secondary N) is 1. The van der Waals surface area contributed by atoms with Crippen molar-refractivity contribution >= 4 is 11.2 Å². The van der Waals surface area contributed by atoms with Gasteiger partial charge in [-0.1, -0.05) is 7.43 Å². The number of fused-ring (bicyclic) bond motifs is 1. The van der Waals surface area contributed by atoms with Gasteiger partial charge in [-0.3, -0.25) is 5.21 Å². The van der Waals surface area contributed by atoms with Gasteiger partial charge in [-0.25, -0.2) is 9.97 Å². The molecule has 4 heterocycles. The van der Waals surface area contributed by atoms with Gasteiger partial charge in [0.25, 0.3) is 5.69 Å². The molecule has 3 aromatic heterocycles. The molecule has 4 rings (SSSR count). The number of pyridine rings is 2. The Morgan fingerprint density at radius 1 is 1.17 bits per heavy atom. The highest BCUT2D eigenvalue weighted by molar-refractivity contribution is 5.75. The molecule has 1 aliphatic rings. The predicted molar refractivity (Wildman–Crippen MR) is 88.2 cm³/mol. The second-order valence-corrected chi connectivity index (χ2v) is 5.56. The molecule has 2 N–H and O–H groups in total. The zero-order valence-electron chi connectivity index (χ0n) is 12.2. The minimum atomic E-state index is 0. The Bertz CT molecular complexity index is 808. The third-order valence-corrected chi connectivity index (χ3v) is 4.19. The Balaban J connectivity index is 0.00000156. The number of hydrogen-bond donors (Lipinski definition) is 2. The Hall–Kier alpha value is -2.47. The van der Waals surface area contributed by atoms with Crippen LogP contribution in [0.25, 0.3) is 22.7 Å². The molecule has 23 heavy (non-hydrogen) atoms. The highest BCUT2D eigenvalue weighted by Crippen LogP contribution is 2.29. The lowest BCUT2D eigenvalue weighted by Crippen LogP contribution is -2.34. The summed E-state index contributed by atoms with van der Waals surface area (Å²) >= 11 is 0. The largest absolute Gasteiger partial charge is 0.317 e. The first kappa shape index (κ1) is 15.4. The molecule has 1 fully saturated rings. The molecule has 6 nitrogen and oxygen atoms in total. The quantitative estimate of drug-likeness (QED) is 0.562. The second-order valence-electron chi connectivity index (χ2n) is 5.56. The van der Waals surface area contributed by atoms with Crippen LogP contribution in [-0.4, -0.2) is 32.8 Å². The maximum Gasteiger partial charge on any atom is 0.299 e. The summed E-state index contributed by atoms with van der Waals surface area (Å²) in [5.74, 6) is 0.767. The highest BCUT2D eigenvalue weighted by Gasteiger charge is 2.27. The average molecular weight is 312 g/mol. The van der Waals surface area contributed by atoms with Gasteiger partial charge in [0.15, 0.2) is 5.65 Å². The maximum atomic E-state index is 10.1. The molecule has 0 spiro atoms. The molecule has 0 radical (unpaired) electrons. The summed E-state index contributed by atoms with van der Waals surface area (Å²) in [4.78, 5) is 9.24. The van der Waals surface area contributed by atoms with Gasteiger partial charge in [-0.15, -0.1) is 0 Å². The highest BCUT2D eigenvalue weighted by atomic mass is 16.5. The summed E-state index contributed by atoms with van der Waals surface area (Å²) in [5.41, 5.74) is 2.42. The third-order valence-electron chi connectivity index (χ3n) is 4.19. The fraction of sp³-hybridized carbons (Fsp3) is 0.353. The number of imidazole rings is 1. The fourth-order valence-electron chi connectivity index (χ4n) is 3.13. The van der Waals surface area contributed by atoms with Crippen molar-refractivity contribution < 1.29 is 9.94 Å². The average Bonchev–Trinajstić information content (AvgIpc) is 2.95. The van der Waals surface area contributed by atoms with E-state index in [9.17, 15) is 5.21 Å². The smallest absolute Gasteiger partial charge is 0.299 e. The van der Waals surface area contributed by atoms with Crippen LogP contribution in [-0.2, 0) is 0 Å². The van der Waals surface area contributed by atoms with Gasteiger partial charge in [0.05, 0.1) is 0 Å². The molecule has 0 amide bonds. The number of nitrogens with zero attached hydrogens (tertiary/aromatic N) is 4. The molecule has 0 atom stereocenters. The first-order chi connectivity index (χ1) is 10.8. The van der Waals surface area contributed by atoms with Crippen LogP contribution in [0.3, 0.4) is 0 Å². The summed E-state index contributed by atoms with van der Waals surface area (Å²) in [6, 6.07) is 9.77. The van der Waals surface area contributed by atoms with Crippen LogP contribution in [0.4, 0.5) is 0 Å². The van der Waals surface area contributed by atoms with Crippen molar-refractivity contribution in [2.75, 3.05) is 13.1 Å². The van der Waals surface area contributed by atoms with Crippen LogP contribution >= 0.6 is 0 Å². The van der Waals surface area contributed by atoms with Gasteiger partial charge in [0.1, 0.15) is 5.52 Å². The van der Waals surface area contributed by atoms with E-state index in [2.05, 4.69) is 14.9 Å². The van der Waals surface area contributed by atoms with E-state index in [0.717, 1.165) is 47.6 Å². The van der Waals surface area contributed by atoms with Crippen molar-refractivity contribution in [3.63, 3.8) is 0 Å². The molecule has 0 unspecified atom stereocenters. The normalized spacial score (nSPS) is 15.5. The predicted octanol–water partition coefficient (Wildman–Crippen LogP) is 2.18. The van der Waals surface area contributed by atoms with Crippen LogP contribution in [0.1, 0.15) is 26.3 Å². The van der Waals surface area contributed by atoms with E-state index < -0.39 is 0 Å². The molecule has 1 saturated heterocycles. The SMILES string of the molecule is C.O[n+]1ccccc1-c1nc2cccnc2n1C1CCNCC1. The molecule has 0 aromatic carbocycles. The molecule has 3 aromatic rings. The van der Waals surface area contributed by atoms with E-state index in [1.54, 1.807) is 18.5 Å². The summed E-state index contributed by atoms with van der Waals surface area (Å²) in [7, 11) is 0. The zero-order chi connectivity index (χ0) is 14.9. The van der Waals surface area contributed by atoms with Crippen molar-refractivity contribution in [1.82, 2.24) is 19.9 Å². The summed E-state index contributed by atoms with van der Waals surface area (Å²) in [6.45, 7) is 1.98. The molecule has 6 heteroatoms. The van der Waals surface area contributed by atoms with Crippen molar-refractivity contribution in [2.24, 2.45) is 0 Å². The number of hydrogen-bond acceptors (Lipinski definition) is 4. The minimum absolute atomic E-state index is 0. The van der Waals surface area contributed by atoms with Crippen LogP contribution < -0.4 is 10.0 Å². The number of aromatic nitrogens is 4. The van der Waals surface area contributed by atoms with Crippen LogP contribution in [0.15, 0.2) is 42.7 Å². The maximum absolute atomic E-state index is 10.1. The third kappa shape index (κ3) is 2.66. The van der Waals surface area contributed by atoms with Gasteiger partial charge >= 0.3 is 0 Å². The van der Waals surface area contributed by atoms with Gasteiger partial charge < -0.3 is 9.88 Å². The first-order valence-electron chi connectivity index (χ1n) is 7.58. The van der Waals surface area contributed by atoms with Crippen LogP contribution in [0.5, 0.6) is 0 Å². The van der Waals surface area contributed by atoms with Crippen molar-refractivity contribution in [2.45, 2.75) is 26.3 Å². The molecular weight excluding hydrogens is 290 g/mol. The number of rotatable bonds is 2. The van der Waals surface area contributed by atoms with E-state index >= 15 is 0 Å². The van der Waals surface area contributed by atoms with Gasteiger partial charge in [0, 0.05) is 29.1 Å². The number of piperidine rings is 1. The molecule has 0 aliphatic carbocycles. The Labute approximate surface area is 135 Å². The fourth-order valence-corrected chi connectivity index (χ4v) is 3.13. The minimum Gasteiger partial charge on any atom is -0.317 e. The lowest BCUT2D eigenvalue weighted by molar-refractivity contribution is -0.896. The molecule has 0 bridgehead atoms. The summed E-state index contributed by atoms with van der Waals surface area (Å²) < 4.78 is 3.30. The standard InChI is InChI=1S/C16H18N5O.CH4/c22-20-11-2-1-5-14(20)16-19-13-4-3-8-18-15(13)21(16)12-6-9-17-10-7-12;/h1-5,8,11-12,17,22H,6-7,9-10H2;1H4/q+1;. The Morgan fingerprint density at radius 3 is 2.78 bits per heavy atom. The summed E-state index contributed by atoms with van der Waals surface area (Å²) in [5, 5.41) is 13.5. The topological polar surface area (TPSA) is 66.8 Å². The monoisotopic (exact) mass is 312 g/mol. The summed E-state index contributed by atoms with van der Waals surface area (Å²) in [6.07, 6.45) is 5.48. The van der Waals surface area contributed by atoms with Crippen molar-refractivity contribution in [1.29, 1.82) is 0 Å². The van der Waals surface area contributed by atoms with E-state index in [1.807, 2.05) is 24.3 Å². The Morgan fingerprint density at radius 2 is 2.00 bits per heavy atom. The Kier molecular flexibility index (Phi) is 4.25. The lowest BCUT2D eigenvalue weighted by Gasteiger charge is -2.25. The lowest BCUT2D eigenvalue weighted by atomic mass is 10.1. The molecule has 0 saturated carbocycles. The van der Waals surface area contributed by atoms with Crippen LogP contribution in [0, 0.1) is 0 Å². The van der Waals surface area contributed by atoms with Crippen molar-refractivity contribution in [3.05, 3.63) is 42.7 Å². The molecule has 1 aliphatic heterocycles. The van der Waals surface area contributed by atoms with E-state index in [4.69, 9.17) is 4.98 Å². The van der Waals surface area contributed by atoms with E-state index in [1.165, 1.54) is 0 Å². The van der Waals surface area contributed by atoms with E-state index in [0.29, 0.717) is 11.7 Å². The van der Waals surface area contributed by atoms with Gasteiger partial charge in [-0.05, 0) is 44.1 Å². The molecular formula is C17H22N5O+. The van der Waals surface area contributed by atoms with E-state index in [-0.39, 0.29) is 7.43 Å². The van der Waals surface area contributed by atoms with Crippen LogP contribution in [0.2, 0.25) is 0 Å². The van der Waals surface area contributed by atoms with Gasteiger partial charge in [-0.2, -0.15) is 0 Å². The van der Waals surface area contributed by atoms with Crippen molar-refractivity contribution in [3.8, 4) is 11.5 Å².